The maximum absolute atomic E-state index is 12.7. The van der Waals surface area contributed by atoms with E-state index in [4.69, 9.17) is 11.1 Å². The molecule has 0 amide bonds. The largest absolute Gasteiger partial charge is 0.433 e. The molecule has 0 unspecified atom stereocenters. The van der Waals surface area contributed by atoms with Gasteiger partial charge in [-0.15, -0.1) is 0 Å². The van der Waals surface area contributed by atoms with Crippen LogP contribution < -0.4 is 11.1 Å². The zero-order chi connectivity index (χ0) is 13.1. The standard InChI is InChI=1S/C11H12F3N3/c1-7-4-2-3-5-9(7)17-10(8(16)6-15)11(12,13)14/h2-6,15,17H,16H2,1H3/b10-8+,15-6?. The Bertz CT molecular complexity index is 450. The van der Waals surface area contributed by atoms with Crippen molar-refractivity contribution in [3.05, 3.63) is 41.2 Å². The number of aryl methyl sites for hydroxylation is 1. The fourth-order valence-electron chi connectivity index (χ4n) is 1.23. The lowest BCUT2D eigenvalue weighted by Gasteiger charge is -2.17. The van der Waals surface area contributed by atoms with Gasteiger partial charge in [0.05, 0.1) is 5.70 Å². The Morgan fingerprint density at radius 1 is 1.35 bits per heavy atom. The summed E-state index contributed by atoms with van der Waals surface area (Å²) < 4.78 is 38.0. The normalized spacial score (nSPS) is 12.9. The number of anilines is 1. The minimum absolute atomic E-state index is 0.310. The van der Waals surface area contributed by atoms with E-state index in [9.17, 15) is 13.2 Å². The summed E-state index contributed by atoms with van der Waals surface area (Å²) in [6.45, 7) is 1.68. The Labute approximate surface area is 96.6 Å². The zero-order valence-electron chi connectivity index (χ0n) is 9.10. The lowest BCUT2D eigenvalue weighted by molar-refractivity contribution is -0.0907. The third kappa shape index (κ3) is 3.24. The maximum atomic E-state index is 12.7. The molecule has 0 heterocycles. The molecule has 1 aromatic carbocycles. The van der Waals surface area contributed by atoms with Crippen molar-refractivity contribution in [3.8, 4) is 0 Å². The number of rotatable bonds is 3. The molecule has 0 fully saturated rings. The van der Waals surface area contributed by atoms with E-state index in [1.54, 1.807) is 25.1 Å². The fourth-order valence-corrected chi connectivity index (χ4v) is 1.23. The predicted molar refractivity (Wildman–Crippen MR) is 60.9 cm³/mol. The molecule has 0 aliphatic carbocycles. The fraction of sp³-hybridized carbons (Fsp3) is 0.182. The van der Waals surface area contributed by atoms with Crippen molar-refractivity contribution in [1.29, 1.82) is 5.41 Å². The van der Waals surface area contributed by atoms with Crippen LogP contribution in [0.5, 0.6) is 0 Å². The van der Waals surface area contributed by atoms with Gasteiger partial charge in [-0.1, -0.05) is 18.2 Å². The van der Waals surface area contributed by atoms with Crippen LogP contribution in [0.25, 0.3) is 0 Å². The van der Waals surface area contributed by atoms with Gasteiger partial charge in [0.2, 0.25) is 0 Å². The number of hydrogen-bond donors (Lipinski definition) is 3. The third-order valence-corrected chi connectivity index (χ3v) is 2.13. The zero-order valence-corrected chi connectivity index (χ0v) is 9.10. The second-order valence-corrected chi connectivity index (χ2v) is 3.41. The summed E-state index contributed by atoms with van der Waals surface area (Å²) in [6.07, 6.45) is -4.15. The van der Waals surface area contributed by atoms with Crippen LogP contribution in [0.15, 0.2) is 35.7 Å². The molecule has 0 bridgehead atoms. The van der Waals surface area contributed by atoms with Crippen molar-refractivity contribution < 1.29 is 13.2 Å². The first kappa shape index (κ1) is 13.1. The minimum Gasteiger partial charge on any atom is -0.396 e. The first-order valence-electron chi connectivity index (χ1n) is 4.76. The van der Waals surface area contributed by atoms with E-state index in [0.29, 0.717) is 17.5 Å². The van der Waals surface area contributed by atoms with Gasteiger partial charge in [0.15, 0.2) is 0 Å². The number of alkyl halides is 3. The molecule has 0 radical (unpaired) electrons. The summed E-state index contributed by atoms with van der Waals surface area (Å²) in [5.41, 5.74) is 4.35. The highest BCUT2D eigenvalue weighted by atomic mass is 19.4. The van der Waals surface area contributed by atoms with E-state index in [-0.39, 0.29) is 0 Å². The van der Waals surface area contributed by atoms with Gasteiger partial charge < -0.3 is 16.5 Å². The molecule has 4 N–H and O–H groups in total. The van der Waals surface area contributed by atoms with Crippen molar-refractivity contribution in [2.24, 2.45) is 5.73 Å². The second-order valence-electron chi connectivity index (χ2n) is 3.41. The monoisotopic (exact) mass is 243 g/mol. The molecule has 17 heavy (non-hydrogen) atoms. The Morgan fingerprint density at radius 3 is 2.41 bits per heavy atom. The summed E-state index contributed by atoms with van der Waals surface area (Å²) in [6, 6.07) is 6.52. The number of benzene rings is 1. The van der Waals surface area contributed by atoms with E-state index in [2.05, 4.69) is 5.32 Å². The number of hydrogen-bond acceptors (Lipinski definition) is 3. The molecule has 3 nitrogen and oxygen atoms in total. The number of allylic oxidation sites excluding steroid dienone is 2. The van der Waals surface area contributed by atoms with Gasteiger partial charge in [-0.3, -0.25) is 0 Å². The first-order chi connectivity index (χ1) is 7.86. The molecule has 0 aliphatic rings. The van der Waals surface area contributed by atoms with Crippen molar-refractivity contribution in [3.63, 3.8) is 0 Å². The topological polar surface area (TPSA) is 61.9 Å². The van der Waals surface area contributed by atoms with Gasteiger partial charge in [0.1, 0.15) is 5.70 Å². The van der Waals surface area contributed by atoms with Crippen molar-refractivity contribution in [2.45, 2.75) is 13.1 Å². The van der Waals surface area contributed by atoms with Crippen LogP contribution in [-0.4, -0.2) is 12.4 Å². The van der Waals surface area contributed by atoms with Gasteiger partial charge >= 0.3 is 6.18 Å². The molecule has 0 spiro atoms. The van der Waals surface area contributed by atoms with Gasteiger partial charge in [-0.05, 0) is 18.6 Å². The molecule has 6 heteroatoms. The van der Waals surface area contributed by atoms with Gasteiger partial charge in [-0.2, -0.15) is 13.2 Å². The first-order valence-corrected chi connectivity index (χ1v) is 4.76. The number of para-hydroxylation sites is 1. The molecule has 0 saturated carbocycles. The van der Waals surface area contributed by atoms with Crippen LogP contribution in [0.2, 0.25) is 0 Å². The summed E-state index contributed by atoms with van der Waals surface area (Å²) in [7, 11) is 0. The SMILES string of the molecule is Cc1ccccc1N/C(=C(/N)C=N)C(F)(F)F. The van der Waals surface area contributed by atoms with E-state index in [0.717, 1.165) is 0 Å². The van der Waals surface area contributed by atoms with Crippen molar-refractivity contribution >= 4 is 11.9 Å². The molecular formula is C11H12F3N3. The van der Waals surface area contributed by atoms with E-state index in [1.807, 2.05) is 0 Å². The number of nitrogens with one attached hydrogen (secondary N) is 2. The quantitative estimate of drug-likeness (QED) is 0.715. The smallest absolute Gasteiger partial charge is 0.396 e. The molecular weight excluding hydrogens is 231 g/mol. The molecule has 1 rings (SSSR count). The van der Waals surface area contributed by atoms with Crippen LogP contribution in [0, 0.1) is 12.3 Å². The van der Waals surface area contributed by atoms with E-state index in [1.165, 1.54) is 6.07 Å². The second kappa shape index (κ2) is 4.90. The van der Waals surface area contributed by atoms with Crippen LogP contribution in [0.1, 0.15) is 5.56 Å². The highest BCUT2D eigenvalue weighted by Gasteiger charge is 2.36. The lowest BCUT2D eigenvalue weighted by atomic mass is 10.2. The minimum atomic E-state index is -4.62. The van der Waals surface area contributed by atoms with Gasteiger partial charge in [0.25, 0.3) is 0 Å². The summed E-state index contributed by atoms with van der Waals surface area (Å²) in [5.74, 6) is 0. The van der Waals surface area contributed by atoms with Crippen molar-refractivity contribution in [1.82, 2.24) is 0 Å². The molecule has 1 aromatic rings. The van der Waals surface area contributed by atoms with Crippen LogP contribution in [-0.2, 0) is 0 Å². The Hall–Kier alpha value is -1.98. The highest BCUT2D eigenvalue weighted by Crippen LogP contribution is 2.28. The van der Waals surface area contributed by atoms with Crippen LogP contribution in [0.4, 0.5) is 18.9 Å². The maximum Gasteiger partial charge on any atom is 0.433 e. The molecule has 0 aliphatic heterocycles. The average Bonchev–Trinajstić information content (AvgIpc) is 2.25. The van der Waals surface area contributed by atoms with Crippen LogP contribution in [0.3, 0.4) is 0 Å². The predicted octanol–water partition coefficient (Wildman–Crippen LogP) is 2.79. The van der Waals surface area contributed by atoms with E-state index < -0.39 is 17.6 Å². The average molecular weight is 243 g/mol. The van der Waals surface area contributed by atoms with Crippen molar-refractivity contribution in [2.75, 3.05) is 5.32 Å². The summed E-state index contributed by atoms with van der Waals surface area (Å²) >= 11 is 0. The number of halogens is 3. The van der Waals surface area contributed by atoms with Crippen LogP contribution >= 0.6 is 0 Å². The Kier molecular flexibility index (Phi) is 3.77. The van der Waals surface area contributed by atoms with E-state index >= 15 is 0 Å². The summed E-state index contributed by atoms with van der Waals surface area (Å²) in [4.78, 5) is 0. The molecule has 0 atom stereocenters. The Balaban J connectivity index is 3.14. The number of nitrogens with two attached hydrogens (primary N) is 1. The highest BCUT2D eigenvalue weighted by molar-refractivity contribution is 5.77. The molecule has 0 aromatic heterocycles. The van der Waals surface area contributed by atoms with Gasteiger partial charge in [0, 0.05) is 11.9 Å². The molecule has 0 saturated heterocycles. The van der Waals surface area contributed by atoms with Gasteiger partial charge in [-0.25, -0.2) is 0 Å². The third-order valence-electron chi connectivity index (χ3n) is 2.13. The Morgan fingerprint density at radius 2 is 1.94 bits per heavy atom. The summed E-state index contributed by atoms with van der Waals surface area (Å²) in [5, 5.41) is 9.01. The lowest BCUT2D eigenvalue weighted by Crippen LogP contribution is -2.25. The molecule has 92 valence electrons.